The number of ether oxygens (including phenoxy) is 2. The van der Waals surface area contributed by atoms with Crippen LogP contribution in [0.15, 0.2) is 6.33 Å². The van der Waals surface area contributed by atoms with Gasteiger partial charge in [0.05, 0.1) is 19.8 Å². The first kappa shape index (κ1) is 12.4. The molecule has 2 rings (SSSR count). The molecule has 1 atom stereocenters. The maximum atomic E-state index is 5.98. The van der Waals surface area contributed by atoms with Crippen LogP contribution in [0.25, 0.3) is 0 Å². The molecule has 1 fully saturated rings. The maximum absolute atomic E-state index is 5.98. The van der Waals surface area contributed by atoms with Crippen molar-refractivity contribution < 1.29 is 9.47 Å². The number of methoxy groups -OCH3 is 1. The highest BCUT2D eigenvalue weighted by Gasteiger charge is 2.23. The van der Waals surface area contributed by atoms with Crippen molar-refractivity contribution in [2.24, 2.45) is 0 Å². The molecular weight excluding hydrogens is 242 g/mol. The smallest absolute Gasteiger partial charge is 0.199 e. The third-order valence-electron chi connectivity index (χ3n) is 2.84. The van der Waals surface area contributed by atoms with E-state index in [1.807, 2.05) is 0 Å². The van der Waals surface area contributed by atoms with Crippen molar-refractivity contribution in [2.75, 3.05) is 31.7 Å². The van der Waals surface area contributed by atoms with Crippen molar-refractivity contribution >= 4 is 17.4 Å². The van der Waals surface area contributed by atoms with Crippen LogP contribution in [0.3, 0.4) is 0 Å². The molecule has 0 aromatic carbocycles. The predicted octanol–water partition coefficient (Wildman–Crippen LogP) is 1.75. The van der Waals surface area contributed by atoms with Gasteiger partial charge >= 0.3 is 0 Å². The zero-order chi connectivity index (χ0) is 12.3. The topological polar surface area (TPSA) is 47.5 Å². The van der Waals surface area contributed by atoms with Gasteiger partial charge in [0.25, 0.3) is 0 Å². The van der Waals surface area contributed by atoms with Crippen LogP contribution in [-0.2, 0) is 4.74 Å². The molecule has 1 aromatic heterocycles. The number of anilines is 1. The van der Waals surface area contributed by atoms with Gasteiger partial charge in [0.1, 0.15) is 6.33 Å². The van der Waals surface area contributed by atoms with Crippen LogP contribution in [0.4, 0.5) is 5.82 Å². The molecule has 1 saturated heterocycles. The van der Waals surface area contributed by atoms with E-state index in [2.05, 4.69) is 21.8 Å². The van der Waals surface area contributed by atoms with Crippen LogP contribution in [0.2, 0.25) is 5.15 Å². The first-order valence-electron chi connectivity index (χ1n) is 5.67. The Labute approximate surface area is 106 Å². The third-order valence-corrected chi connectivity index (χ3v) is 3.11. The van der Waals surface area contributed by atoms with Gasteiger partial charge in [-0.05, 0) is 6.42 Å². The zero-order valence-electron chi connectivity index (χ0n) is 10.0. The van der Waals surface area contributed by atoms with Crippen LogP contribution in [0.1, 0.15) is 13.3 Å². The van der Waals surface area contributed by atoms with Gasteiger partial charge < -0.3 is 14.4 Å². The van der Waals surface area contributed by atoms with Crippen LogP contribution in [0, 0.1) is 0 Å². The Hall–Kier alpha value is -1.07. The summed E-state index contributed by atoms with van der Waals surface area (Å²) in [5.74, 6) is 1.28. The molecule has 0 saturated carbocycles. The average molecular weight is 258 g/mol. The predicted molar refractivity (Wildman–Crippen MR) is 65.8 cm³/mol. The van der Waals surface area contributed by atoms with Crippen molar-refractivity contribution in [3.05, 3.63) is 11.5 Å². The van der Waals surface area contributed by atoms with E-state index in [0.717, 1.165) is 25.3 Å². The fraction of sp³-hybridized carbons (Fsp3) is 0.636. The Balaban J connectivity index is 2.24. The monoisotopic (exact) mass is 257 g/mol. The van der Waals surface area contributed by atoms with E-state index in [1.54, 1.807) is 7.11 Å². The summed E-state index contributed by atoms with van der Waals surface area (Å²) in [6.45, 7) is 4.40. The lowest BCUT2D eigenvalue weighted by Crippen LogP contribution is -2.42. The Morgan fingerprint density at radius 3 is 3.12 bits per heavy atom. The molecule has 0 spiro atoms. The molecule has 0 amide bonds. The highest BCUT2D eigenvalue weighted by atomic mass is 35.5. The van der Waals surface area contributed by atoms with E-state index in [-0.39, 0.29) is 6.10 Å². The lowest BCUT2D eigenvalue weighted by molar-refractivity contribution is 0.0380. The van der Waals surface area contributed by atoms with E-state index >= 15 is 0 Å². The minimum Gasteiger partial charge on any atom is -0.490 e. The van der Waals surface area contributed by atoms with Crippen molar-refractivity contribution in [1.82, 2.24) is 9.97 Å². The average Bonchev–Trinajstić information content (AvgIpc) is 2.38. The molecule has 5 nitrogen and oxygen atoms in total. The Morgan fingerprint density at radius 2 is 2.41 bits per heavy atom. The lowest BCUT2D eigenvalue weighted by Gasteiger charge is -2.33. The second-order valence-corrected chi connectivity index (χ2v) is 4.23. The number of halogens is 1. The van der Waals surface area contributed by atoms with E-state index in [9.17, 15) is 0 Å². The molecule has 0 N–H and O–H groups in total. The van der Waals surface area contributed by atoms with Crippen molar-refractivity contribution in [2.45, 2.75) is 19.4 Å². The van der Waals surface area contributed by atoms with E-state index in [1.165, 1.54) is 6.33 Å². The summed E-state index contributed by atoms with van der Waals surface area (Å²) >= 11 is 5.98. The summed E-state index contributed by atoms with van der Waals surface area (Å²) in [5.41, 5.74) is 0. The van der Waals surface area contributed by atoms with Crippen LogP contribution in [0.5, 0.6) is 5.75 Å². The third kappa shape index (κ3) is 2.61. The van der Waals surface area contributed by atoms with Gasteiger partial charge in [0, 0.05) is 13.1 Å². The first-order chi connectivity index (χ1) is 8.26. The molecule has 2 heterocycles. The largest absolute Gasteiger partial charge is 0.490 e. The van der Waals surface area contributed by atoms with Gasteiger partial charge in [0.15, 0.2) is 16.7 Å². The molecule has 94 valence electrons. The molecule has 1 aromatic rings. The first-order valence-corrected chi connectivity index (χ1v) is 6.05. The van der Waals surface area contributed by atoms with Gasteiger partial charge in [-0.2, -0.15) is 0 Å². The van der Waals surface area contributed by atoms with Gasteiger partial charge in [0.2, 0.25) is 0 Å². The molecule has 0 aliphatic carbocycles. The number of morpholine rings is 1. The molecule has 1 aliphatic heterocycles. The fourth-order valence-electron chi connectivity index (χ4n) is 1.90. The zero-order valence-corrected chi connectivity index (χ0v) is 10.8. The van der Waals surface area contributed by atoms with E-state index < -0.39 is 0 Å². The van der Waals surface area contributed by atoms with Crippen LogP contribution >= 0.6 is 11.6 Å². The Kier molecular flexibility index (Phi) is 4.02. The minimum atomic E-state index is 0.238. The number of nitrogens with zero attached hydrogens (tertiary/aromatic N) is 3. The fourth-order valence-corrected chi connectivity index (χ4v) is 2.11. The Bertz CT molecular complexity index is 389. The van der Waals surface area contributed by atoms with E-state index in [4.69, 9.17) is 21.1 Å². The van der Waals surface area contributed by atoms with Crippen LogP contribution < -0.4 is 9.64 Å². The minimum absolute atomic E-state index is 0.238. The van der Waals surface area contributed by atoms with Crippen molar-refractivity contribution in [3.8, 4) is 5.75 Å². The van der Waals surface area contributed by atoms with Crippen molar-refractivity contribution in [1.29, 1.82) is 0 Å². The van der Waals surface area contributed by atoms with E-state index in [0.29, 0.717) is 17.5 Å². The van der Waals surface area contributed by atoms with Gasteiger partial charge in [-0.1, -0.05) is 18.5 Å². The molecule has 0 radical (unpaired) electrons. The molecular formula is C11H16ClN3O2. The number of hydrogen-bond donors (Lipinski definition) is 0. The molecule has 0 bridgehead atoms. The highest BCUT2D eigenvalue weighted by molar-refractivity contribution is 6.31. The normalized spacial score (nSPS) is 20.4. The van der Waals surface area contributed by atoms with Crippen molar-refractivity contribution in [3.63, 3.8) is 0 Å². The molecule has 1 unspecified atom stereocenters. The Morgan fingerprint density at radius 1 is 1.59 bits per heavy atom. The quantitative estimate of drug-likeness (QED) is 0.772. The standard InChI is InChI=1S/C11H16ClN3O2/c1-3-8-6-15(4-5-17-8)11-9(16-2)10(12)13-7-14-11/h7-8H,3-6H2,1-2H3. The summed E-state index contributed by atoms with van der Waals surface area (Å²) in [4.78, 5) is 10.3. The molecule has 17 heavy (non-hydrogen) atoms. The van der Waals surface area contributed by atoms with Gasteiger partial charge in [-0.15, -0.1) is 0 Å². The second kappa shape index (κ2) is 5.51. The summed E-state index contributed by atoms with van der Waals surface area (Å²) < 4.78 is 10.9. The summed E-state index contributed by atoms with van der Waals surface area (Å²) in [7, 11) is 1.58. The number of rotatable bonds is 3. The van der Waals surface area contributed by atoms with Crippen LogP contribution in [-0.4, -0.2) is 42.9 Å². The number of hydrogen-bond acceptors (Lipinski definition) is 5. The highest BCUT2D eigenvalue weighted by Crippen LogP contribution is 2.32. The maximum Gasteiger partial charge on any atom is 0.199 e. The summed E-state index contributed by atoms with van der Waals surface area (Å²) in [6.07, 6.45) is 2.68. The number of aromatic nitrogens is 2. The molecule has 6 heteroatoms. The summed E-state index contributed by atoms with van der Waals surface area (Å²) in [5, 5.41) is 0.344. The summed E-state index contributed by atoms with van der Waals surface area (Å²) in [6, 6.07) is 0. The lowest BCUT2D eigenvalue weighted by atomic mass is 10.2. The second-order valence-electron chi connectivity index (χ2n) is 3.87. The van der Waals surface area contributed by atoms with Gasteiger partial charge in [-0.25, -0.2) is 9.97 Å². The molecule has 1 aliphatic rings. The van der Waals surface area contributed by atoms with Gasteiger partial charge in [-0.3, -0.25) is 0 Å². The SMILES string of the molecule is CCC1CN(c2ncnc(Cl)c2OC)CCO1.